The Balaban J connectivity index is 1.76. The molecule has 0 spiro atoms. The molecular weight excluding hydrogens is 446 g/mol. The number of benzene rings is 1. The number of hydrogen-bond acceptors (Lipinski definition) is 5. The van der Waals surface area contributed by atoms with E-state index in [1.54, 1.807) is 9.47 Å². The normalized spacial score (nSPS) is 15.4. The molecule has 2 heterocycles. The van der Waals surface area contributed by atoms with E-state index in [0.29, 0.717) is 22.8 Å². The van der Waals surface area contributed by atoms with Gasteiger partial charge in [-0.25, -0.2) is 8.42 Å². The molecule has 176 valence electrons. The van der Waals surface area contributed by atoms with Crippen molar-refractivity contribution in [3.8, 4) is 0 Å². The van der Waals surface area contributed by atoms with Crippen LogP contribution in [0.25, 0.3) is 0 Å². The van der Waals surface area contributed by atoms with Crippen molar-refractivity contribution in [2.24, 2.45) is 0 Å². The van der Waals surface area contributed by atoms with Crippen LogP contribution in [0.4, 0.5) is 0 Å². The van der Waals surface area contributed by atoms with Gasteiger partial charge >= 0.3 is 0 Å². The second-order valence-electron chi connectivity index (χ2n) is 8.52. The molecule has 0 saturated carbocycles. The van der Waals surface area contributed by atoms with Crippen molar-refractivity contribution in [1.82, 2.24) is 24.0 Å². The number of nitrogens with one attached hydrogen (secondary N) is 1. The van der Waals surface area contributed by atoms with Crippen LogP contribution < -0.4 is 0 Å². The van der Waals surface area contributed by atoms with E-state index in [1.807, 2.05) is 41.5 Å². The minimum Gasteiger partial charge on any atom is -0.338 e. The number of sulfonamides is 1. The van der Waals surface area contributed by atoms with Crippen LogP contribution in [0, 0.1) is 39.4 Å². The van der Waals surface area contributed by atoms with E-state index in [-0.39, 0.29) is 25.5 Å². The lowest BCUT2D eigenvalue weighted by Crippen LogP contribution is -2.51. The summed E-state index contributed by atoms with van der Waals surface area (Å²) in [5.74, 6) is 0.689. The molecule has 0 atom stereocenters. The Labute approximate surface area is 195 Å². The Hall–Kier alpha value is -2.04. The van der Waals surface area contributed by atoms with Crippen LogP contribution in [0.15, 0.2) is 4.90 Å². The van der Waals surface area contributed by atoms with E-state index >= 15 is 0 Å². The maximum atomic E-state index is 13.5. The molecule has 0 radical (unpaired) electrons. The van der Waals surface area contributed by atoms with Gasteiger partial charge < -0.3 is 4.90 Å². The topological polar surface area (TPSA) is 91.3 Å². The molecule has 2 aromatic rings. The average molecular weight is 480 g/mol. The number of H-pyrrole nitrogens is 1. The number of carbonyl (C=O) groups excluding carboxylic acids is 1. The lowest BCUT2D eigenvalue weighted by atomic mass is 9.95. The maximum absolute atomic E-state index is 13.5. The van der Waals surface area contributed by atoms with Gasteiger partial charge in [-0.15, -0.1) is 0 Å². The number of rotatable bonds is 6. The summed E-state index contributed by atoms with van der Waals surface area (Å²) in [4.78, 5) is 15.0. The minimum atomic E-state index is -3.65. The first-order valence-corrected chi connectivity index (χ1v) is 12.8. The third-order valence-electron chi connectivity index (χ3n) is 6.72. The summed E-state index contributed by atoms with van der Waals surface area (Å²) in [6.07, 6.45) is 1.64. The Morgan fingerprint density at radius 2 is 1.50 bits per heavy atom. The van der Waals surface area contributed by atoms with Gasteiger partial charge in [-0.2, -0.15) is 9.40 Å². The third kappa shape index (κ3) is 4.40. The van der Waals surface area contributed by atoms with Gasteiger partial charge in [0.1, 0.15) is 12.4 Å². The highest BCUT2D eigenvalue weighted by atomic mass is 32.2. The summed E-state index contributed by atoms with van der Waals surface area (Å²) in [5, 5.41) is 6.96. The standard InChI is InChI=1S/C22H33N5O3S2/c1-7-8-19-23-24-22(31)27(19)13-20(28)25-9-11-26(12-10-25)32(29,30)21-17(5)15(3)14(2)16(4)18(21)6/h7-13H2,1-6H3,(H,24,31). The summed E-state index contributed by atoms with van der Waals surface area (Å²) >= 11 is 5.27. The number of nitrogens with zero attached hydrogens (tertiary/aromatic N) is 4. The molecule has 0 unspecified atom stereocenters. The zero-order chi connectivity index (χ0) is 23.8. The molecule has 1 aromatic heterocycles. The van der Waals surface area contributed by atoms with E-state index in [0.717, 1.165) is 46.5 Å². The van der Waals surface area contributed by atoms with E-state index in [2.05, 4.69) is 10.2 Å². The van der Waals surface area contributed by atoms with Gasteiger partial charge in [0, 0.05) is 32.6 Å². The summed E-state index contributed by atoms with van der Waals surface area (Å²) in [6, 6.07) is 0. The molecule has 1 saturated heterocycles. The SMILES string of the molecule is CCCc1n[nH]c(=S)n1CC(=O)N1CCN(S(=O)(=O)c2c(C)c(C)c(C)c(C)c2C)CC1. The molecule has 1 fully saturated rings. The second-order valence-corrected chi connectivity index (χ2v) is 10.8. The van der Waals surface area contributed by atoms with Crippen LogP contribution in [0.5, 0.6) is 0 Å². The summed E-state index contributed by atoms with van der Waals surface area (Å²) in [5.41, 5.74) is 4.78. The Morgan fingerprint density at radius 1 is 0.969 bits per heavy atom. The Bertz CT molecular complexity index is 1160. The zero-order valence-electron chi connectivity index (χ0n) is 19.8. The largest absolute Gasteiger partial charge is 0.338 e. The van der Waals surface area contributed by atoms with E-state index in [4.69, 9.17) is 12.2 Å². The van der Waals surface area contributed by atoms with Gasteiger partial charge in [0.05, 0.1) is 4.90 Å². The lowest BCUT2D eigenvalue weighted by molar-refractivity contribution is -0.133. The van der Waals surface area contributed by atoms with Crippen LogP contribution in [0.3, 0.4) is 0 Å². The number of aromatic nitrogens is 3. The lowest BCUT2D eigenvalue weighted by Gasteiger charge is -2.35. The van der Waals surface area contributed by atoms with Gasteiger partial charge in [0.2, 0.25) is 15.9 Å². The molecule has 32 heavy (non-hydrogen) atoms. The highest BCUT2D eigenvalue weighted by molar-refractivity contribution is 7.89. The fourth-order valence-corrected chi connectivity index (χ4v) is 6.52. The zero-order valence-corrected chi connectivity index (χ0v) is 21.4. The molecule has 0 bridgehead atoms. The van der Waals surface area contributed by atoms with Gasteiger partial charge in [-0.1, -0.05) is 6.92 Å². The second kappa shape index (κ2) is 9.44. The van der Waals surface area contributed by atoms with Crippen molar-refractivity contribution in [2.45, 2.75) is 65.8 Å². The molecule has 1 aliphatic rings. The van der Waals surface area contributed by atoms with Crippen molar-refractivity contribution in [2.75, 3.05) is 26.2 Å². The van der Waals surface area contributed by atoms with Crippen LogP contribution in [-0.2, 0) is 27.8 Å². The summed E-state index contributed by atoms with van der Waals surface area (Å²) in [7, 11) is -3.65. The van der Waals surface area contributed by atoms with E-state index in [9.17, 15) is 13.2 Å². The minimum absolute atomic E-state index is 0.0775. The quantitative estimate of drug-likeness (QED) is 0.643. The first kappa shape index (κ1) is 24.6. The van der Waals surface area contributed by atoms with Gasteiger partial charge in [-0.3, -0.25) is 14.5 Å². The van der Waals surface area contributed by atoms with Gasteiger partial charge in [0.25, 0.3) is 0 Å². The Kier molecular flexibility index (Phi) is 7.26. The van der Waals surface area contributed by atoms with Gasteiger partial charge in [-0.05, 0) is 81.1 Å². The van der Waals surface area contributed by atoms with Crippen LogP contribution in [-0.4, -0.2) is 64.5 Å². The number of carbonyl (C=O) groups is 1. The molecule has 1 N–H and O–H groups in total. The smallest absolute Gasteiger partial charge is 0.243 e. The van der Waals surface area contributed by atoms with Gasteiger partial charge in [0.15, 0.2) is 4.77 Å². The number of aryl methyl sites for hydroxylation is 1. The van der Waals surface area contributed by atoms with Crippen LogP contribution >= 0.6 is 12.2 Å². The molecule has 0 aliphatic carbocycles. The van der Waals surface area contributed by atoms with E-state index in [1.165, 1.54) is 4.31 Å². The van der Waals surface area contributed by atoms with E-state index < -0.39 is 10.0 Å². The first-order chi connectivity index (χ1) is 15.0. The van der Waals surface area contributed by atoms with Crippen molar-refractivity contribution in [3.63, 3.8) is 0 Å². The van der Waals surface area contributed by atoms with Crippen molar-refractivity contribution < 1.29 is 13.2 Å². The highest BCUT2D eigenvalue weighted by Crippen LogP contribution is 2.32. The number of aromatic amines is 1. The maximum Gasteiger partial charge on any atom is 0.243 e. The average Bonchev–Trinajstić information content (AvgIpc) is 3.10. The van der Waals surface area contributed by atoms with Crippen molar-refractivity contribution in [1.29, 1.82) is 0 Å². The fourth-order valence-electron chi connectivity index (χ4n) is 4.32. The molecule has 1 aromatic carbocycles. The molecule has 1 aliphatic heterocycles. The first-order valence-electron chi connectivity index (χ1n) is 11.0. The predicted octanol–water partition coefficient (Wildman–Crippen LogP) is 2.97. The number of piperazine rings is 1. The molecule has 3 rings (SSSR count). The van der Waals surface area contributed by atoms with Crippen LogP contribution in [0.1, 0.15) is 47.0 Å². The Morgan fingerprint density at radius 3 is 2.03 bits per heavy atom. The highest BCUT2D eigenvalue weighted by Gasteiger charge is 2.33. The summed E-state index contributed by atoms with van der Waals surface area (Å²) in [6.45, 7) is 13.2. The third-order valence-corrected chi connectivity index (χ3v) is 9.21. The molecule has 1 amide bonds. The van der Waals surface area contributed by atoms with Crippen molar-refractivity contribution in [3.05, 3.63) is 38.4 Å². The molecule has 8 nitrogen and oxygen atoms in total. The molecular formula is C22H33N5O3S2. The number of amides is 1. The summed E-state index contributed by atoms with van der Waals surface area (Å²) < 4.78 is 30.7. The van der Waals surface area contributed by atoms with Crippen LogP contribution in [0.2, 0.25) is 0 Å². The van der Waals surface area contributed by atoms with Crippen molar-refractivity contribution >= 4 is 28.1 Å². The number of hydrogen-bond donors (Lipinski definition) is 1. The monoisotopic (exact) mass is 479 g/mol. The predicted molar refractivity (Wildman–Crippen MR) is 127 cm³/mol. The fraction of sp³-hybridized carbons (Fsp3) is 0.591. The molecule has 10 heteroatoms.